The molecule has 2 nitrogen and oxygen atoms in total. The Labute approximate surface area is 405 Å². The van der Waals surface area contributed by atoms with Crippen LogP contribution >= 0.6 is 0 Å². The van der Waals surface area contributed by atoms with Crippen molar-refractivity contribution in [2.45, 2.75) is 96.9 Å². The molecule has 0 N–H and O–H groups in total. The highest BCUT2D eigenvalue weighted by Crippen LogP contribution is 2.22. The number of fused-ring (bicyclic) bond motifs is 2. The normalized spacial score (nSPS) is 9.34. The maximum atomic E-state index is 10.7. The van der Waals surface area contributed by atoms with Crippen molar-refractivity contribution >= 4 is 33.9 Å². The van der Waals surface area contributed by atoms with Gasteiger partial charge in [0, 0.05) is 11.5 Å². The minimum Gasteiger partial charge on any atom is -0.423 e. The Bertz CT molecular complexity index is 2550. The van der Waals surface area contributed by atoms with Crippen LogP contribution in [0.25, 0.3) is 45.0 Å². The van der Waals surface area contributed by atoms with E-state index >= 15 is 0 Å². The lowest BCUT2D eigenvalue weighted by Crippen LogP contribution is -1.93. The van der Waals surface area contributed by atoms with Gasteiger partial charge in [0.2, 0.25) is 0 Å². The van der Waals surface area contributed by atoms with E-state index in [4.69, 9.17) is 4.42 Å². The van der Waals surface area contributed by atoms with Crippen LogP contribution in [-0.4, -0.2) is 0 Å². The third-order valence-corrected chi connectivity index (χ3v) is 9.57. The maximum absolute atomic E-state index is 10.7. The molecule has 0 unspecified atom stereocenters. The molecule has 0 amide bonds. The molecule has 0 aliphatic heterocycles. The van der Waals surface area contributed by atoms with Crippen LogP contribution in [0.15, 0.2) is 215 Å². The summed E-state index contributed by atoms with van der Waals surface area (Å²) in [6.45, 7) is 28.7. The van der Waals surface area contributed by atoms with E-state index in [1.165, 1.54) is 72.5 Å². The van der Waals surface area contributed by atoms with E-state index in [0.29, 0.717) is 5.58 Å². The highest BCUT2D eigenvalue weighted by molar-refractivity contribution is 5.88. The zero-order chi connectivity index (χ0) is 49.8. The lowest BCUT2D eigenvalue weighted by atomic mass is 10.0. The van der Waals surface area contributed by atoms with E-state index in [9.17, 15) is 4.79 Å². The smallest absolute Gasteiger partial charge is 0.336 e. The number of hydrogen-bond donors (Lipinski definition) is 0. The van der Waals surface area contributed by atoms with Gasteiger partial charge in [0.15, 0.2) is 0 Å². The molecular weight excluding hydrogens is 813 g/mol. The molecule has 0 aliphatic rings. The Morgan fingerprint density at radius 2 is 0.642 bits per heavy atom. The van der Waals surface area contributed by atoms with Gasteiger partial charge in [-0.05, 0) is 97.8 Å². The Kier molecular flexibility index (Phi) is 30.5. The predicted molar refractivity (Wildman–Crippen MR) is 300 cm³/mol. The first-order chi connectivity index (χ1) is 32.6. The van der Waals surface area contributed by atoms with E-state index in [-0.39, 0.29) is 5.63 Å². The second kappa shape index (κ2) is 35.3. The van der Waals surface area contributed by atoms with Crippen LogP contribution in [0, 0.1) is 41.5 Å². The molecule has 67 heavy (non-hydrogen) atoms. The zero-order valence-corrected chi connectivity index (χ0v) is 43.1. The molecule has 0 bridgehead atoms. The van der Waals surface area contributed by atoms with Crippen LogP contribution in [0.2, 0.25) is 0 Å². The molecule has 9 aromatic rings. The molecule has 0 aliphatic carbocycles. The van der Waals surface area contributed by atoms with Crippen molar-refractivity contribution in [2.24, 2.45) is 0 Å². The summed E-state index contributed by atoms with van der Waals surface area (Å²) in [5.74, 6) is 0. The van der Waals surface area contributed by atoms with Crippen LogP contribution in [0.3, 0.4) is 0 Å². The van der Waals surface area contributed by atoms with Gasteiger partial charge < -0.3 is 4.42 Å². The van der Waals surface area contributed by atoms with Gasteiger partial charge in [-0.2, -0.15) is 0 Å². The van der Waals surface area contributed by atoms with Crippen LogP contribution in [0.5, 0.6) is 0 Å². The molecule has 9 rings (SSSR count). The second-order valence-corrected chi connectivity index (χ2v) is 14.6. The Hall–Kier alpha value is -7.03. The average molecular weight is 891 g/mol. The van der Waals surface area contributed by atoms with Crippen LogP contribution < -0.4 is 5.63 Å². The van der Waals surface area contributed by atoms with Gasteiger partial charge in [0.05, 0.1) is 0 Å². The molecule has 0 saturated heterocycles. The third kappa shape index (κ3) is 22.6. The lowest BCUT2D eigenvalue weighted by Gasteiger charge is -2.04. The summed E-state index contributed by atoms with van der Waals surface area (Å²) in [6, 6.07) is 69.8. The SMILES string of the molecule is C(=Cc1ccccc1)c1ccccc1.CC.CC.CC.CC.Cc1ccc(-c2ccc(C)cc2)cc1.Cc1ccc(C)cc1.Cc1cccc2cccc(C)c12.O=c1ccc2ccccc2o1. The van der Waals surface area contributed by atoms with Gasteiger partial charge in [0.1, 0.15) is 5.58 Å². The number of hydrogen-bond acceptors (Lipinski definition) is 2. The molecule has 0 spiro atoms. The first-order valence-electron chi connectivity index (χ1n) is 24.0. The van der Waals surface area contributed by atoms with Crippen LogP contribution in [0.4, 0.5) is 0 Å². The average Bonchev–Trinajstić information content (AvgIpc) is 3.39. The van der Waals surface area contributed by atoms with Crippen molar-refractivity contribution in [2.75, 3.05) is 0 Å². The number of rotatable bonds is 3. The minimum absolute atomic E-state index is 0.302. The van der Waals surface area contributed by atoms with E-state index < -0.39 is 0 Å². The summed E-state index contributed by atoms with van der Waals surface area (Å²) < 4.78 is 4.91. The van der Waals surface area contributed by atoms with Crippen molar-refractivity contribution in [3.05, 3.63) is 261 Å². The molecular formula is C65H78O2. The van der Waals surface area contributed by atoms with E-state index in [1.807, 2.05) is 110 Å². The van der Waals surface area contributed by atoms with Gasteiger partial charge in [-0.3, -0.25) is 0 Å². The largest absolute Gasteiger partial charge is 0.423 e. The summed E-state index contributed by atoms with van der Waals surface area (Å²) in [6.07, 6.45) is 4.24. The number of aryl methyl sites for hydroxylation is 6. The summed E-state index contributed by atoms with van der Waals surface area (Å²) in [5, 5.41) is 3.70. The first-order valence-corrected chi connectivity index (χ1v) is 24.0. The summed E-state index contributed by atoms with van der Waals surface area (Å²) in [4.78, 5) is 10.7. The molecule has 1 heterocycles. The van der Waals surface area contributed by atoms with Crippen molar-refractivity contribution < 1.29 is 4.42 Å². The summed E-state index contributed by atoms with van der Waals surface area (Å²) in [5.41, 5.74) is 13.4. The number of para-hydroxylation sites is 1. The Balaban J connectivity index is 0.000000407. The van der Waals surface area contributed by atoms with Gasteiger partial charge in [-0.15, -0.1) is 0 Å². The maximum Gasteiger partial charge on any atom is 0.336 e. The van der Waals surface area contributed by atoms with E-state index in [0.717, 1.165) is 5.39 Å². The highest BCUT2D eigenvalue weighted by Gasteiger charge is 1.98. The minimum atomic E-state index is -0.302. The standard InChI is InChI=1S/C14H14.C14H12.C12H12.C9H6O2.C8H10.4C2H6/c1-11-3-7-13(8-4-11)14-9-5-12(2)6-10-14;1-3-7-13(8-4-1)11-12-14-9-5-2-6-10-14;1-9-5-3-7-11-8-4-6-10(2)12(9)11;10-9-6-5-7-3-1-2-4-8(7)11-9;1-7-3-5-8(2)6-4-7;4*1-2/h3-10H,1-2H3;1-12H;3-8H,1-2H3;1-6H;3-6H,1-2H3;4*1-2H3. The predicted octanol–water partition coefficient (Wildman–Crippen LogP) is 19.5. The van der Waals surface area contributed by atoms with Gasteiger partial charge in [-0.25, -0.2) is 4.79 Å². The van der Waals surface area contributed by atoms with Gasteiger partial charge in [-0.1, -0.05) is 278 Å². The fourth-order valence-corrected chi connectivity index (χ4v) is 6.21. The number of benzene rings is 8. The Morgan fingerprint density at radius 1 is 0.313 bits per heavy atom. The van der Waals surface area contributed by atoms with Gasteiger partial charge >= 0.3 is 5.63 Å². The lowest BCUT2D eigenvalue weighted by molar-refractivity contribution is 0.561. The van der Waals surface area contributed by atoms with Gasteiger partial charge in [0.25, 0.3) is 0 Å². The molecule has 0 fully saturated rings. The molecule has 2 heteroatoms. The van der Waals surface area contributed by atoms with E-state index in [2.05, 4.69) is 187 Å². The molecule has 0 saturated carbocycles. The van der Waals surface area contributed by atoms with Crippen molar-refractivity contribution in [1.29, 1.82) is 0 Å². The molecule has 0 radical (unpaired) electrons. The van der Waals surface area contributed by atoms with E-state index in [1.54, 1.807) is 12.1 Å². The van der Waals surface area contributed by atoms with Crippen molar-refractivity contribution in [3.63, 3.8) is 0 Å². The highest BCUT2D eigenvalue weighted by atomic mass is 16.4. The molecule has 350 valence electrons. The monoisotopic (exact) mass is 891 g/mol. The fraction of sp³-hybridized carbons (Fsp3) is 0.215. The molecule has 8 aromatic carbocycles. The second-order valence-electron chi connectivity index (χ2n) is 14.6. The Morgan fingerprint density at radius 3 is 1.01 bits per heavy atom. The van der Waals surface area contributed by atoms with Crippen LogP contribution in [-0.2, 0) is 0 Å². The third-order valence-electron chi connectivity index (χ3n) is 9.57. The van der Waals surface area contributed by atoms with Crippen molar-refractivity contribution in [3.8, 4) is 11.1 Å². The first kappa shape index (κ1) is 58.0. The summed E-state index contributed by atoms with van der Waals surface area (Å²) >= 11 is 0. The quantitative estimate of drug-likeness (QED) is 0.131. The summed E-state index contributed by atoms with van der Waals surface area (Å²) in [7, 11) is 0. The zero-order valence-electron chi connectivity index (χ0n) is 43.1. The topological polar surface area (TPSA) is 30.2 Å². The van der Waals surface area contributed by atoms with Crippen molar-refractivity contribution in [1.82, 2.24) is 0 Å². The molecule has 0 atom stereocenters. The fourth-order valence-electron chi connectivity index (χ4n) is 6.21. The molecule has 1 aromatic heterocycles. The van der Waals surface area contributed by atoms with Crippen LogP contribution in [0.1, 0.15) is 99.9 Å².